The van der Waals surface area contributed by atoms with Crippen molar-refractivity contribution in [1.82, 2.24) is 0 Å². The van der Waals surface area contributed by atoms with Crippen LogP contribution in [0.3, 0.4) is 0 Å². The number of aromatic carboxylic acids is 1. The Kier molecular flexibility index (Phi) is 7.72. The first kappa shape index (κ1) is 25.1. The van der Waals surface area contributed by atoms with Crippen molar-refractivity contribution in [3.05, 3.63) is 57.6 Å². The second-order valence-electron chi connectivity index (χ2n) is 9.43. The molecule has 1 fully saturated rings. The summed E-state index contributed by atoms with van der Waals surface area (Å²) in [5, 5.41) is 16.5. The molecule has 184 valence electrons. The van der Waals surface area contributed by atoms with E-state index in [1.165, 1.54) is 22.7 Å². The van der Waals surface area contributed by atoms with Crippen LogP contribution >= 0.6 is 22.7 Å². The standard InChI is InChI=1S/C27H30N2O4S2/c1-16(2)29(26(31)19-6-4-17(3)5-7-19)22-14-23(35-24(22)27(32)33)18-8-10-21(11-9-18)28-25(30)20-12-13-34-15-20/h8-17,19H,4-7H2,1-3H3,(H,28,30)(H,32,33)/t17-,19-. The van der Waals surface area contributed by atoms with Gasteiger partial charge in [-0.05, 0) is 80.7 Å². The van der Waals surface area contributed by atoms with E-state index >= 15 is 0 Å². The number of carboxylic acid groups (broad SMARTS) is 1. The van der Waals surface area contributed by atoms with Crippen LogP contribution in [0, 0.1) is 11.8 Å². The van der Waals surface area contributed by atoms with Gasteiger partial charge in [-0.3, -0.25) is 9.59 Å². The molecule has 1 aromatic carbocycles. The maximum atomic E-state index is 13.5. The summed E-state index contributed by atoms with van der Waals surface area (Å²) < 4.78 is 0. The number of thiophene rings is 2. The lowest BCUT2D eigenvalue weighted by Gasteiger charge is -2.33. The van der Waals surface area contributed by atoms with Gasteiger partial charge < -0.3 is 15.3 Å². The monoisotopic (exact) mass is 510 g/mol. The molecule has 0 atom stereocenters. The number of carbonyl (C=O) groups is 3. The van der Waals surface area contributed by atoms with Crippen LogP contribution in [0.25, 0.3) is 10.4 Å². The number of hydrogen-bond acceptors (Lipinski definition) is 5. The van der Waals surface area contributed by atoms with E-state index < -0.39 is 5.97 Å². The van der Waals surface area contributed by atoms with Gasteiger partial charge in [-0.15, -0.1) is 11.3 Å². The van der Waals surface area contributed by atoms with Crippen LogP contribution in [0.1, 0.15) is 66.5 Å². The van der Waals surface area contributed by atoms with Crippen LogP contribution in [-0.2, 0) is 4.79 Å². The Labute approximate surface area is 213 Å². The van der Waals surface area contributed by atoms with Gasteiger partial charge in [0.2, 0.25) is 5.91 Å². The number of carboxylic acids is 1. The summed E-state index contributed by atoms with van der Waals surface area (Å²) >= 11 is 2.63. The van der Waals surface area contributed by atoms with Crippen LogP contribution in [0.5, 0.6) is 0 Å². The van der Waals surface area contributed by atoms with Gasteiger partial charge in [0.15, 0.2) is 0 Å². The van der Waals surface area contributed by atoms with Gasteiger partial charge >= 0.3 is 5.97 Å². The molecule has 8 heteroatoms. The third-order valence-electron chi connectivity index (χ3n) is 6.50. The largest absolute Gasteiger partial charge is 0.477 e. The van der Waals surface area contributed by atoms with Crippen LogP contribution in [0.15, 0.2) is 47.2 Å². The van der Waals surface area contributed by atoms with E-state index in [-0.39, 0.29) is 28.7 Å². The average molecular weight is 511 g/mol. The summed E-state index contributed by atoms with van der Waals surface area (Å²) in [6.45, 7) is 6.07. The highest BCUT2D eigenvalue weighted by Gasteiger charge is 2.33. The molecule has 6 nitrogen and oxygen atoms in total. The Hall–Kier alpha value is -2.97. The van der Waals surface area contributed by atoms with Crippen molar-refractivity contribution in [2.24, 2.45) is 11.8 Å². The molecule has 35 heavy (non-hydrogen) atoms. The predicted octanol–water partition coefficient (Wildman–Crippen LogP) is 6.99. The summed E-state index contributed by atoms with van der Waals surface area (Å²) in [5.41, 5.74) is 2.57. The molecule has 0 spiro atoms. The maximum absolute atomic E-state index is 13.5. The molecule has 2 heterocycles. The van der Waals surface area contributed by atoms with Gasteiger partial charge in [0.25, 0.3) is 5.91 Å². The lowest BCUT2D eigenvalue weighted by molar-refractivity contribution is -0.123. The molecule has 1 saturated carbocycles. The van der Waals surface area contributed by atoms with Gasteiger partial charge in [-0.2, -0.15) is 11.3 Å². The Bertz CT molecular complexity index is 1190. The fourth-order valence-electron chi connectivity index (χ4n) is 4.53. The zero-order chi connectivity index (χ0) is 25.1. The summed E-state index contributed by atoms with van der Waals surface area (Å²) in [6, 6.07) is 10.7. The van der Waals surface area contributed by atoms with Crippen LogP contribution < -0.4 is 10.2 Å². The van der Waals surface area contributed by atoms with Gasteiger partial charge in [0, 0.05) is 27.9 Å². The Morgan fingerprint density at radius 2 is 1.74 bits per heavy atom. The zero-order valence-electron chi connectivity index (χ0n) is 20.1. The summed E-state index contributed by atoms with van der Waals surface area (Å²) in [4.78, 5) is 40.6. The number of benzene rings is 1. The molecule has 2 amide bonds. The van der Waals surface area contributed by atoms with E-state index in [0.717, 1.165) is 36.1 Å². The van der Waals surface area contributed by atoms with Crippen molar-refractivity contribution < 1.29 is 19.5 Å². The number of nitrogens with zero attached hydrogens (tertiary/aromatic N) is 1. The zero-order valence-corrected chi connectivity index (χ0v) is 21.7. The molecule has 0 unspecified atom stereocenters. The highest BCUT2D eigenvalue weighted by Crippen LogP contribution is 2.40. The molecule has 1 aliphatic rings. The van der Waals surface area contributed by atoms with E-state index in [1.807, 2.05) is 37.4 Å². The van der Waals surface area contributed by atoms with Gasteiger partial charge in [0.1, 0.15) is 4.88 Å². The van der Waals surface area contributed by atoms with Crippen molar-refractivity contribution in [2.45, 2.75) is 52.5 Å². The van der Waals surface area contributed by atoms with E-state index in [1.54, 1.807) is 28.5 Å². The molecule has 0 bridgehead atoms. The molecular weight excluding hydrogens is 480 g/mol. The number of amides is 2. The number of rotatable bonds is 7. The Morgan fingerprint density at radius 3 is 2.31 bits per heavy atom. The van der Waals surface area contributed by atoms with E-state index in [4.69, 9.17) is 0 Å². The third-order valence-corrected chi connectivity index (χ3v) is 8.34. The number of carbonyl (C=O) groups excluding carboxylic acids is 2. The smallest absolute Gasteiger partial charge is 0.348 e. The molecule has 0 aliphatic heterocycles. The highest BCUT2D eigenvalue weighted by molar-refractivity contribution is 7.18. The molecule has 2 N–H and O–H groups in total. The van der Waals surface area contributed by atoms with Crippen LogP contribution in [0.4, 0.5) is 11.4 Å². The quantitative estimate of drug-likeness (QED) is 0.358. The first-order chi connectivity index (χ1) is 16.7. The lowest BCUT2D eigenvalue weighted by Crippen LogP contribution is -2.42. The second-order valence-corrected chi connectivity index (χ2v) is 11.3. The summed E-state index contributed by atoms with van der Waals surface area (Å²) in [7, 11) is 0. The van der Waals surface area contributed by atoms with Crippen LogP contribution in [0.2, 0.25) is 0 Å². The third kappa shape index (κ3) is 5.65. The number of nitrogens with one attached hydrogen (secondary N) is 1. The minimum absolute atomic E-state index is 0.0187. The molecule has 2 aromatic heterocycles. The molecular formula is C27H30N2O4S2. The fraction of sp³-hybridized carbons (Fsp3) is 0.370. The molecule has 0 radical (unpaired) electrons. The first-order valence-electron chi connectivity index (χ1n) is 11.9. The van der Waals surface area contributed by atoms with Crippen LogP contribution in [-0.4, -0.2) is 28.9 Å². The van der Waals surface area contributed by atoms with Crippen molar-refractivity contribution in [2.75, 3.05) is 10.2 Å². The van der Waals surface area contributed by atoms with Crippen molar-refractivity contribution in [3.63, 3.8) is 0 Å². The van der Waals surface area contributed by atoms with E-state index in [0.29, 0.717) is 22.9 Å². The maximum Gasteiger partial charge on any atom is 0.348 e. The average Bonchev–Trinajstić information content (AvgIpc) is 3.51. The molecule has 0 saturated heterocycles. The molecule has 4 rings (SSSR count). The van der Waals surface area contributed by atoms with Crippen molar-refractivity contribution in [1.29, 1.82) is 0 Å². The lowest BCUT2D eigenvalue weighted by atomic mass is 9.82. The van der Waals surface area contributed by atoms with Gasteiger partial charge in [-0.25, -0.2) is 4.79 Å². The minimum atomic E-state index is -1.04. The van der Waals surface area contributed by atoms with E-state index in [9.17, 15) is 19.5 Å². The predicted molar refractivity (Wildman–Crippen MR) is 143 cm³/mol. The van der Waals surface area contributed by atoms with Gasteiger partial charge in [-0.1, -0.05) is 19.1 Å². The van der Waals surface area contributed by atoms with E-state index in [2.05, 4.69) is 12.2 Å². The first-order valence-corrected chi connectivity index (χ1v) is 13.6. The minimum Gasteiger partial charge on any atom is -0.477 e. The van der Waals surface area contributed by atoms with Crippen molar-refractivity contribution >= 4 is 51.8 Å². The number of anilines is 2. The van der Waals surface area contributed by atoms with Crippen molar-refractivity contribution in [3.8, 4) is 10.4 Å². The fourth-order valence-corrected chi connectivity index (χ4v) is 6.16. The highest BCUT2D eigenvalue weighted by atomic mass is 32.1. The SMILES string of the molecule is CC(C)N(c1cc(-c2ccc(NC(=O)c3ccsc3)cc2)sc1C(=O)O)C(=O)[C@H]1CC[C@H](C)CC1. The normalized spacial score (nSPS) is 17.8. The Morgan fingerprint density at radius 1 is 1.06 bits per heavy atom. The summed E-state index contributed by atoms with van der Waals surface area (Å²) in [6.07, 6.45) is 3.75. The summed E-state index contributed by atoms with van der Waals surface area (Å²) in [5.74, 6) is -0.623. The molecule has 1 aliphatic carbocycles. The Balaban J connectivity index is 1.59. The number of hydrogen-bond donors (Lipinski definition) is 2. The van der Waals surface area contributed by atoms with Gasteiger partial charge in [0.05, 0.1) is 11.3 Å². The topological polar surface area (TPSA) is 86.7 Å². The second kappa shape index (κ2) is 10.7. The molecule has 3 aromatic rings.